The molecule has 1 aromatic carbocycles. The van der Waals surface area contributed by atoms with E-state index in [0.717, 1.165) is 18.6 Å². The number of aryl methyl sites for hydroxylation is 2. The second-order valence-corrected chi connectivity index (χ2v) is 5.43. The van der Waals surface area contributed by atoms with Gasteiger partial charge < -0.3 is 4.74 Å². The van der Waals surface area contributed by atoms with Crippen molar-refractivity contribution in [3.8, 4) is 5.75 Å². The van der Waals surface area contributed by atoms with Gasteiger partial charge in [0.05, 0.1) is 5.41 Å². The number of carbonyl (C=O) groups excluding carboxylic acids is 1. The van der Waals surface area contributed by atoms with Crippen molar-refractivity contribution in [2.45, 2.75) is 33.1 Å². The van der Waals surface area contributed by atoms with E-state index in [4.69, 9.17) is 10.6 Å². The number of nitrogens with one attached hydrogen (secondary N) is 1. The second-order valence-electron chi connectivity index (χ2n) is 5.43. The molecule has 18 heavy (non-hydrogen) atoms. The minimum Gasteiger partial charge on any atom is -0.492 e. The molecule has 1 aliphatic carbocycles. The van der Waals surface area contributed by atoms with Crippen LogP contribution in [0.4, 0.5) is 0 Å². The average Bonchev–Trinajstić information content (AvgIpc) is 2.82. The average molecular weight is 248 g/mol. The molecule has 0 aliphatic heterocycles. The van der Waals surface area contributed by atoms with E-state index < -0.39 is 5.41 Å². The van der Waals surface area contributed by atoms with Crippen LogP contribution < -0.4 is 16.0 Å². The lowest BCUT2D eigenvalue weighted by Gasteiger charge is -2.22. The minimum atomic E-state index is -0.631. The van der Waals surface area contributed by atoms with Crippen LogP contribution >= 0.6 is 0 Å². The molecule has 2 rings (SSSR count). The van der Waals surface area contributed by atoms with Crippen molar-refractivity contribution < 1.29 is 9.53 Å². The SMILES string of the molecule is CC(C)(COc1ccc2c(c1)CCC2)C(=O)NN. The van der Waals surface area contributed by atoms with Gasteiger partial charge in [-0.05, 0) is 56.4 Å². The number of hydrogen-bond acceptors (Lipinski definition) is 3. The first-order valence-corrected chi connectivity index (χ1v) is 6.28. The number of amides is 1. The first-order valence-electron chi connectivity index (χ1n) is 6.28. The van der Waals surface area contributed by atoms with Gasteiger partial charge in [-0.3, -0.25) is 10.2 Å². The highest BCUT2D eigenvalue weighted by atomic mass is 16.5. The first-order chi connectivity index (χ1) is 8.53. The molecule has 3 N–H and O–H groups in total. The maximum Gasteiger partial charge on any atom is 0.242 e. The molecule has 0 spiro atoms. The topological polar surface area (TPSA) is 64.3 Å². The lowest BCUT2D eigenvalue weighted by atomic mass is 9.94. The second kappa shape index (κ2) is 4.98. The maximum absolute atomic E-state index is 11.5. The molecule has 0 bridgehead atoms. The van der Waals surface area contributed by atoms with Crippen LogP contribution in [0.3, 0.4) is 0 Å². The highest BCUT2D eigenvalue weighted by Crippen LogP contribution is 2.27. The Kier molecular flexibility index (Phi) is 3.57. The van der Waals surface area contributed by atoms with E-state index in [-0.39, 0.29) is 5.91 Å². The molecule has 0 radical (unpaired) electrons. The Morgan fingerprint density at radius 3 is 2.83 bits per heavy atom. The van der Waals surface area contributed by atoms with E-state index in [9.17, 15) is 4.79 Å². The van der Waals surface area contributed by atoms with E-state index in [2.05, 4.69) is 17.6 Å². The summed E-state index contributed by atoms with van der Waals surface area (Å²) in [5, 5.41) is 0. The Morgan fingerprint density at radius 1 is 1.39 bits per heavy atom. The van der Waals surface area contributed by atoms with Gasteiger partial charge in [-0.15, -0.1) is 0 Å². The minimum absolute atomic E-state index is 0.219. The number of benzene rings is 1. The smallest absolute Gasteiger partial charge is 0.242 e. The molecule has 0 saturated carbocycles. The third-order valence-electron chi connectivity index (χ3n) is 3.42. The van der Waals surface area contributed by atoms with Gasteiger partial charge in [0.15, 0.2) is 0 Å². The zero-order valence-corrected chi connectivity index (χ0v) is 11.0. The molecule has 1 aromatic rings. The summed E-state index contributed by atoms with van der Waals surface area (Å²) in [6.45, 7) is 3.93. The van der Waals surface area contributed by atoms with Crippen LogP contribution in [0.15, 0.2) is 18.2 Å². The Hall–Kier alpha value is -1.55. The third kappa shape index (κ3) is 2.64. The third-order valence-corrected chi connectivity index (χ3v) is 3.42. The zero-order chi connectivity index (χ0) is 13.2. The molecule has 0 atom stereocenters. The van der Waals surface area contributed by atoms with Crippen molar-refractivity contribution >= 4 is 5.91 Å². The molecule has 0 unspecified atom stereocenters. The number of nitrogens with two attached hydrogens (primary N) is 1. The normalized spacial score (nSPS) is 14.2. The largest absolute Gasteiger partial charge is 0.492 e. The summed E-state index contributed by atoms with van der Waals surface area (Å²) >= 11 is 0. The van der Waals surface area contributed by atoms with Gasteiger partial charge >= 0.3 is 0 Å². The van der Waals surface area contributed by atoms with Gasteiger partial charge in [0.1, 0.15) is 12.4 Å². The Morgan fingerprint density at radius 2 is 2.11 bits per heavy atom. The molecule has 0 heterocycles. The Balaban J connectivity index is 2.00. The summed E-state index contributed by atoms with van der Waals surface area (Å²) in [6, 6.07) is 6.17. The van der Waals surface area contributed by atoms with Crippen LogP contribution in [0.2, 0.25) is 0 Å². The van der Waals surface area contributed by atoms with Crippen molar-refractivity contribution in [2.75, 3.05) is 6.61 Å². The van der Waals surface area contributed by atoms with Gasteiger partial charge in [-0.2, -0.15) is 0 Å². The molecule has 0 fully saturated rings. The van der Waals surface area contributed by atoms with Crippen molar-refractivity contribution in [1.82, 2.24) is 5.43 Å². The lowest BCUT2D eigenvalue weighted by Crippen LogP contribution is -2.44. The summed E-state index contributed by atoms with van der Waals surface area (Å²) in [7, 11) is 0. The predicted molar refractivity (Wildman–Crippen MR) is 70.1 cm³/mol. The van der Waals surface area contributed by atoms with Crippen molar-refractivity contribution in [3.05, 3.63) is 29.3 Å². The van der Waals surface area contributed by atoms with E-state index in [1.807, 2.05) is 19.9 Å². The number of ether oxygens (including phenoxy) is 1. The monoisotopic (exact) mass is 248 g/mol. The standard InChI is InChI=1S/C14H20N2O2/c1-14(2,13(17)16-15)9-18-12-7-6-10-4-3-5-11(10)8-12/h6-8H,3-5,9,15H2,1-2H3,(H,16,17). The number of rotatable bonds is 4. The van der Waals surface area contributed by atoms with Crippen molar-refractivity contribution in [2.24, 2.45) is 11.3 Å². The van der Waals surface area contributed by atoms with Gasteiger partial charge in [0.25, 0.3) is 0 Å². The molecular weight excluding hydrogens is 228 g/mol. The van der Waals surface area contributed by atoms with Gasteiger partial charge in [0, 0.05) is 0 Å². The number of carbonyl (C=O) groups is 1. The first kappa shape index (κ1) is 12.9. The molecule has 0 aromatic heterocycles. The van der Waals surface area contributed by atoms with E-state index >= 15 is 0 Å². The van der Waals surface area contributed by atoms with Crippen LogP contribution in [0, 0.1) is 5.41 Å². The molecule has 0 saturated heterocycles. The van der Waals surface area contributed by atoms with Gasteiger partial charge in [0.2, 0.25) is 5.91 Å². The molecular formula is C14H20N2O2. The summed E-state index contributed by atoms with van der Waals surface area (Å²) in [5.74, 6) is 5.75. The number of hydrogen-bond donors (Lipinski definition) is 2. The fraction of sp³-hybridized carbons (Fsp3) is 0.500. The summed E-state index contributed by atoms with van der Waals surface area (Å²) in [5.41, 5.74) is 4.32. The van der Waals surface area contributed by atoms with E-state index in [1.165, 1.54) is 17.5 Å². The van der Waals surface area contributed by atoms with Crippen molar-refractivity contribution in [1.29, 1.82) is 0 Å². The summed E-state index contributed by atoms with van der Waals surface area (Å²) < 4.78 is 5.70. The summed E-state index contributed by atoms with van der Waals surface area (Å²) in [4.78, 5) is 11.5. The molecule has 1 aliphatic rings. The highest BCUT2D eigenvalue weighted by molar-refractivity contribution is 5.81. The van der Waals surface area contributed by atoms with Crippen LogP contribution in [0.5, 0.6) is 5.75 Å². The molecule has 1 amide bonds. The van der Waals surface area contributed by atoms with Gasteiger partial charge in [-0.25, -0.2) is 5.84 Å². The van der Waals surface area contributed by atoms with E-state index in [1.54, 1.807) is 0 Å². The fourth-order valence-electron chi connectivity index (χ4n) is 2.16. The van der Waals surface area contributed by atoms with Gasteiger partial charge in [-0.1, -0.05) is 6.07 Å². The van der Waals surface area contributed by atoms with Crippen molar-refractivity contribution in [3.63, 3.8) is 0 Å². The number of hydrazine groups is 1. The Bertz CT molecular complexity index is 455. The number of fused-ring (bicyclic) bond motifs is 1. The van der Waals surface area contributed by atoms with Crippen LogP contribution in [0.25, 0.3) is 0 Å². The Labute approximate surface area is 107 Å². The van der Waals surface area contributed by atoms with E-state index in [0.29, 0.717) is 6.61 Å². The highest BCUT2D eigenvalue weighted by Gasteiger charge is 2.28. The molecule has 4 nitrogen and oxygen atoms in total. The van der Waals surface area contributed by atoms with Crippen LogP contribution in [-0.4, -0.2) is 12.5 Å². The quantitative estimate of drug-likeness (QED) is 0.483. The lowest BCUT2D eigenvalue weighted by molar-refractivity contribution is -0.130. The summed E-state index contributed by atoms with van der Waals surface area (Å²) in [6.07, 6.45) is 3.51. The molecule has 4 heteroatoms. The maximum atomic E-state index is 11.5. The predicted octanol–water partition coefficient (Wildman–Crippen LogP) is 1.57. The molecule has 98 valence electrons. The van der Waals surface area contributed by atoms with Crippen LogP contribution in [0.1, 0.15) is 31.4 Å². The fourth-order valence-corrected chi connectivity index (χ4v) is 2.16. The van der Waals surface area contributed by atoms with Crippen LogP contribution in [-0.2, 0) is 17.6 Å². The zero-order valence-electron chi connectivity index (χ0n) is 11.0.